The minimum atomic E-state index is -0.347. The molecular formula is C22H23N3O4S. The SMILES string of the molecule is CC(NC(=O)c1ccc(-c2ccc3c(c2)OCCO3)s1)c1nc(C2CCCC2)no1. The molecule has 0 spiro atoms. The van der Waals surface area contributed by atoms with E-state index in [0.29, 0.717) is 29.9 Å². The molecule has 5 rings (SSSR count). The summed E-state index contributed by atoms with van der Waals surface area (Å²) in [6.45, 7) is 2.97. The lowest BCUT2D eigenvalue weighted by atomic mass is 10.1. The van der Waals surface area contributed by atoms with Crippen LogP contribution in [-0.4, -0.2) is 29.3 Å². The van der Waals surface area contributed by atoms with Gasteiger partial charge in [-0.2, -0.15) is 4.98 Å². The van der Waals surface area contributed by atoms with Gasteiger partial charge in [0.1, 0.15) is 19.3 Å². The van der Waals surface area contributed by atoms with Gasteiger partial charge in [-0.05, 0) is 55.7 Å². The van der Waals surface area contributed by atoms with Crippen LogP contribution in [0, 0.1) is 0 Å². The number of rotatable bonds is 5. The highest BCUT2D eigenvalue weighted by atomic mass is 32.1. The lowest BCUT2D eigenvalue weighted by Gasteiger charge is -2.18. The van der Waals surface area contributed by atoms with Crippen molar-refractivity contribution in [2.75, 3.05) is 13.2 Å². The van der Waals surface area contributed by atoms with E-state index in [1.807, 2.05) is 37.3 Å². The van der Waals surface area contributed by atoms with Crippen LogP contribution >= 0.6 is 11.3 Å². The molecule has 1 aliphatic heterocycles. The minimum Gasteiger partial charge on any atom is -0.486 e. The summed E-state index contributed by atoms with van der Waals surface area (Å²) in [7, 11) is 0. The van der Waals surface area contributed by atoms with Gasteiger partial charge in [0.15, 0.2) is 17.3 Å². The van der Waals surface area contributed by atoms with Crippen molar-refractivity contribution in [3.05, 3.63) is 46.9 Å². The number of benzene rings is 1. The van der Waals surface area contributed by atoms with E-state index in [0.717, 1.165) is 40.6 Å². The molecule has 1 amide bonds. The maximum Gasteiger partial charge on any atom is 0.262 e. The predicted molar refractivity (Wildman–Crippen MR) is 112 cm³/mol. The van der Waals surface area contributed by atoms with Crippen molar-refractivity contribution in [3.63, 3.8) is 0 Å². The van der Waals surface area contributed by atoms with Crippen LogP contribution in [-0.2, 0) is 0 Å². The molecule has 1 fully saturated rings. The van der Waals surface area contributed by atoms with Crippen LogP contribution in [0.3, 0.4) is 0 Å². The number of nitrogens with zero attached hydrogens (tertiary/aromatic N) is 2. The Bertz CT molecular complexity index is 1050. The smallest absolute Gasteiger partial charge is 0.262 e. The van der Waals surface area contributed by atoms with Gasteiger partial charge in [-0.15, -0.1) is 11.3 Å². The van der Waals surface area contributed by atoms with Crippen molar-refractivity contribution < 1.29 is 18.8 Å². The lowest BCUT2D eigenvalue weighted by Crippen LogP contribution is -2.26. The highest BCUT2D eigenvalue weighted by Crippen LogP contribution is 2.37. The highest BCUT2D eigenvalue weighted by molar-refractivity contribution is 7.17. The molecule has 1 aliphatic carbocycles. The highest BCUT2D eigenvalue weighted by Gasteiger charge is 2.25. The zero-order valence-corrected chi connectivity index (χ0v) is 17.5. The summed E-state index contributed by atoms with van der Waals surface area (Å²) < 4.78 is 16.6. The van der Waals surface area contributed by atoms with E-state index < -0.39 is 0 Å². The Morgan fingerprint density at radius 3 is 2.77 bits per heavy atom. The van der Waals surface area contributed by atoms with E-state index in [9.17, 15) is 4.79 Å². The first kappa shape index (κ1) is 19.1. The summed E-state index contributed by atoms with van der Waals surface area (Å²) in [6.07, 6.45) is 4.64. The van der Waals surface area contributed by atoms with Crippen LogP contribution in [0.5, 0.6) is 11.5 Å². The second kappa shape index (κ2) is 8.10. The molecule has 1 N–H and O–H groups in total. The Labute approximate surface area is 178 Å². The molecular weight excluding hydrogens is 402 g/mol. The zero-order valence-electron chi connectivity index (χ0n) is 16.7. The van der Waals surface area contributed by atoms with Crippen molar-refractivity contribution in [3.8, 4) is 21.9 Å². The second-order valence-corrected chi connectivity index (χ2v) is 8.77. The molecule has 8 heteroatoms. The molecule has 0 bridgehead atoms. The Balaban J connectivity index is 1.26. The van der Waals surface area contributed by atoms with E-state index in [1.165, 1.54) is 24.2 Å². The molecule has 0 saturated heterocycles. The third-order valence-electron chi connectivity index (χ3n) is 5.55. The summed E-state index contributed by atoms with van der Waals surface area (Å²) in [5, 5.41) is 7.08. The largest absolute Gasteiger partial charge is 0.486 e. The molecule has 0 radical (unpaired) electrons. The van der Waals surface area contributed by atoms with Crippen LogP contribution in [0.15, 0.2) is 34.9 Å². The monoisotopic (exact) mass is 425 g/mol. The van der Waals surface area contributed by atoms with Gasteiger partial charge >= 0.3 is 0 Å². The van der Waals surface area contributed by atoms with Crippen molar-refractivity contribution >= 4 is 17.2 Å². The van der Waals surface area contributed by atoms with Gasteiger partial charge in [0.05, 0.1) is 4.88 Å². The van der Waals surface area contributed by atoms with Crippen molar-refractivity contribution in [1.29, 1.82) is 0 Å². The van der Waals surface area contributed by atoms with Crippen molar-refractivity contribution in [2.24, 2.45) is 0 Å². The first-order valence-electron chi connectivity index (χ1n) is 10.3. The first-order valence-corrected chi connectivity index (χ1v) is 11.1. The summed E-state index contributed by atoms with van der Waals surface area (Å²) >= 11 is 1.43. The average molecular weight is 426 g/mol. The number of ether oxygens (including phenoxy) is 2. The van der Waals surface area contributed by atoms with Gasteiger partial charge in [-0.3, -0.25) is 4.79 Å². The zero-order chi connectivity index (χ0) is 20.5. The van der Waals surface area contributed by atoms with E-state index in [1.54, 1.807) is 0 Å². The Morgan fingerprint density at radius 2 is 1.93 bits per heavy atom. The lowest BCUT2D eigenvalue weighted by molar-refractivity contribution is 0.0936. The predicted octanol–water partition coefficient (Wildman–Crippen LogP) is 4.72. The number of aromatic nitrogens is 2. The molecule has 30 heavy (non-hydrogen) atoms. The molecule has 7 nitrogen and oxygen atoms in total. The summed E-state index contributed by atoms with van der Waals surface area (Å²) in [5.41, 5.74) is 0.995. The number of thiophene rings is 1. The molecule has 1 unspecified atom stereocenters. The van der Waals surface area contributed by atoms with Crippen LogP contribution < -0.4 is 14.8 Å². The van der Waals surface area contributed by atoms with Gasteiger partial charge in [0.2, 0.25) is 5.89 Å². The van der Waals surface area contributed by atoms with Gasteiger partial charge < -0.3 is 19.3 Å². The summed E-state index contributed by atoms with van der Waals surface area (Å²) in [5.74, 6) is 2.94. The Hall–Kier alpha value is -2.87. The number of amides is 1. The molecule has 1 aromatic carbocycles. The van der Waals surface area contributed by atoms with Gasteiger partial charge in [0, 0.05) is 10.8 Å². The second-order valence-electron chi connectivity index (χ2n) is 7.69. The molecule has 2 aromatic heterocycles. The van der Waals surface area contributed by atoms with Crippen molar-refractivity contribution in [2.45, 2.75) is 44.6 Å². The summed E-state index contributed by atoms with van der Waals surface area (Å²) in [6, 6.07) is 9.26. The van der Waals surface area contributed by atoms with E-state index in [-0.39, 0.29) is 11.9 Å². The number of nitrogens with one attached hydrogen (secondary N) is 1. The Kier molecular flexibility index (Phi) is 5.16. The van der Waals surface area contributed by atoms with Crippen LogP contribution in [0.1, 0.15) is 66.0 Å². The van der Waals surface area contributed by atoms with Gasteiger partial charge in [0.25, 0.3) is 5.91 Å². The van der Waals surface area contributed by atoms with Crippen LogP contribution in [0.2, 0.25) is 0 Å². The molecule has 3 aromatic rings. The van der Waals surface area contributed by atoms with Crippen LogP contribution in [0.25, 0.3) is 10.4 Å². The molecule has 1 atom stereocenters. The molecule has 2 aliphatic rings. The summed E-state index contributed by atoms with van der Waals surface area (Å²) in [4.78, 5) is 18.9. The number of carbonyl (C=O) groups is 1. The molecule has 1 saturated carbocycles. The minimum absolute atomic E-state index is 0.156. The van der Waals surface area contributed by atoms with Crippen molar-refractivity contribution in [1.82, 2.24) is 15.5 Å². The third kappa shape index (κ3) is 3.79. The fourth-order valence-corrected chi connectivity index (χ4v) is 4.82. The maximum absolute atomic E-state index is 12.7. The number of hydrogen-bond donors (Lipinski definition) is 1. The Morgan fingerprint density at radius 1 is 1.13 bits per heavy atom. The third-order valence-corrected chi connectivity index (χ3v) is 6.69. The average Bonchev–Trinajstić information content (AvgIpc) is 3.54. The molecule has 3 heterocycles. The first-order chi connectivity index (χ1) is 14.7. The number of fused-ring (bicyclic) bond motifs is 1. The number of hydrogen-bond acceptors (Lipinski definition) is 7. The van der Waals surface area contributed by atoms with Crippen LogP contribution in [0.4, 0.5) is 0 Å². The quantitative estimate of drug-likeness (QED) is 0.637. The maximum atomic E-state index is 12.7. The topological polar surface area (TPSA) is 86.5 Å². The van der Waals surface area contributed by atoms with Gasteiger partial charge in [-0.1, -0.05) is 18.0 Å². The van der Waals surface area contributed by atoms with E-state index in [4.69, 9.17) is 14.0 Å². The fourth-order valence-electron chi connectivity index (χ4n) is 3.91. The standard InChI is InChI=1S/C22H23N3O4S/c1-13(22-24-20(25-29-22)14-4-2-3-5-14)23-21(26)19-9-8-18(30-19)15-6-7-16-17(12-15)28-11-10-27-16/h6-9,12-14H,2-5,10-11H2,1H3,(H,23,26). The normalized spacial score (nSPS) is 17.1. The molecule has 156 valence electrons. The van der Waals surface area contributed by atoms with E-state index in [2.05, 4.69) is 15.5 Å². The number of carbonyl (C=O) groups excluding carboxylic acids is 1. The van der Waals surface area contributed by atoms with E-state index >= 15 is 0 Å². The fraction of sp³-hybridized carbons (Fsp3) is 0.409. The van der Waals surface area contributed by atoms with Gasteiger partial charge in [-0.25, -0.2) is 0 Å².